The van der Waals surface area contributed by atoms with Gasteiger partial charge in [0.1, 0.15) is 0 Å². The monoisotopic (exact) mass is 408 g/mol. The molecule has 26 heavy (non-hydrogen) atoms. The molecule has 1 aliphatic rings. The summed E-state index contributed by atoms with van der Waals surface area (Å²) in [4.78, 5) is 24.5. The number of carbonyl (C=O) groups is 2. The van der Waals surface area contributed by atoms with E-state index in [1.807, 2.05) is 0 Å². The SMILES string of the molecule is CN(C)P(O[Cl+3]([O-])([O-])[O-])(c1cccc2c1C(=O)NC2=O)(N(C)C)N(C)C. The second kappa shape index (κ2) is 6.45. The van der Waals surface area contributed by atoms with Gasteiger partial charge in [-0.15, -0.1) is 0 Å². The Bertz CT molecular complexity index is 740. The number of amides is 2. The zero-order valence-electron chi connectivity index (χ0n) is 15.3. The van der Waals surface area contributed by atoms with E-state index in [4.69, 9.17) is 4.08 Å². The van der Waals surface area contributed by atoms with Crippen molar-refractivity contribution in [3.63, 3.8) is 0 Å². The van der Waals surface area contributed by atoms with Gasteiger partial charge in [0.2, 0.25) is 0 Å². The molecule has 1 aromatic rings. The van der Waals surface area contributed by atoms with Gasteiger partial charge in [0.25, 0.3) is 0 Å². The predicted octanol–water partition coefficient (Wildman–Crippen LogP) is -2.99. The van der Waals surface area contributed by atoms with Crippen molar-refractivity contribution in [3.8, 4) is 0 Å². The summed E-state index contributed by atoms with van der Waals surface area (Å²) in [5, 5.41) is 2.34. The molecular weight excluding hydrogens is 387 g/mol. The Morgan fingerprint density at radius 1 is 0.923 bits per heavy atom. The number of halogens is 1. The zero-order valence-corrected chi connectivity index (χ0v) is 17.0. The summed E-state index contributed by atoms with van der Waals surface area (Å²) in [5.41, 5.74) is 0.0840. The molecule has 0 aliphatic carbocycles. The number of imide groups is 1. The molecule has 0 saturated heterocycles. The van der Waals surface area contributed by atoms with Gasteiger partial charge in [0.05, 0.1) is 0 Å². The molecular formula is C14H22ClN4O6P. The van der Waals surface area contributed by atoms with Crippen molar-refractivity contribution in [3.05, 3.63) is 29.3 Å². The van der Waals surface area contributed by atoms with Crippen LogP contribution in [0.25, 0.3) is 0 Å². The van der Waals surface area contributed by atoms with Crippen LogP contribution in [0.1, 0.15) is 20.7 Å². The second-order valence-corrected chi connectivity index (χ2v) is 12.4. The number of fused-ring (bicyclic) bond motifs is 1. The standard InChI is InChI=1S/C14H22ClN4O6P/c1-17(2)26(18(3)4,19(5)6,25-15(22,23)24)11-9-7-8-10-12(11)14(21)16-13(10)20/h7-9H,1-6H3,(H,16,20,21). The van der Waals surface area contributed by atoms with Crippen LogP contribution in [0.15, 0.2) is 18.2 Å². The summed E-state index contributed by atoms with van der Waals surface area (Å²) in [7, 11) is -0.155. The van der Waals surface area contributed by atoms with E-state index >= 15 is 0 Å². The van der Waals surface area contributed by atoms with Gasteiger partial charge in [-0.2, -0.15) is 0 Å². The topological polar surface area (TPSA) is 134 Å². The molecule has 0 fully saturated rings. The van der Waals surface area contributed by atoms with Crippen LogP contribution in [0.5, 0.6) is 0 Å². The number of rotatable bonds is 6. The van der Waals surface area contributed by atoms with E-state index in [0.717, 1.165) is 0 Å². The van der Waals surface area contributed by atoms with Crippen molar-refractivity contribution in [2.75, 3.05) is 42.3 Å². The van der Waals surface area contributed by atoms with Crippen molar-refractivity contribution in [2.45, 2.75) is 0 Å². The van der Waals surface area contributed by atoms with Gasteiger partial charge < -0.3 is 0 Å². The van der Waals surface area contributed by atoms with E-state index in [1.165, 1.54) is 32.2 Å². The first-order valence-corrected chi connectivity index (χ1v) is 10.7. The summed E-state index contributed by atoms with van der Waals surface area (Å²) < 4.78 is 45.0. The second-order valence-electron chi connectivity index (χ2n) is 6.38. The molecule has 0 spiro atoms. The maximum atomic E-state index is 12.5. The fourth-order valence-electron chi connectivity index (χ4n) is 3.62. The van der Waals surface area contributed by atoms with Gasteiger partial charge in [-0.1, -0.05) is 0 Å². The molecule has 2 rings (SSSR count). The Kier molecular flexibility index (Phi) is 5.23. The van der Waals surface area contributed by atoms with E-state index in [-0.39, 0.29) is 16.4 Å². The minimum absolute atomic E-state index is 0.00915. The zero-order chi connectivity index (χ0) is 20.1. The fourth-order valence-corrected chi connectivity index (χ4v) is 11.0. The minimum atomic E-state index is -4.89. The van der Waals surface area contributed by atoms with E-state index in [2.05, 4.69) is 5.32 Å². The Balaban J connectivity index is 3.05. The van der Waals surface area contributed by atoms with Crippen molar-refractivity contribution in [2.24, 2.45) is 0 Å². The number of carbonyl (C=O) groups excluding carboxylic acids is 2. The molecule has 2 amide bonds. The van der Waals surface area contributed by atoms with Gasteiger partial charge >= 0.3 is 153 Å². The number of nitrogens with zero attached hydrogens (tertiary/aromatic N) is 3. The van der Waals surface area contributed by atoms with Crippen LogP contribution < -0.4 is 24.6 Å². The average Bonchev–Trinajstić information content (AvgIpc) is 2.78. The van der Waals surface area contributed by atoms with E-state index in [9.17, 15) is 23.6 Å². The summed E-state index contributed by atoms with van der Waals surface area (Å²) >= 11 is 0. The Hall–Kier alpha value is -1.20. The molecule has 1 aliphatic heterocycles. The predicted molar refractivity (Wildman–Crippen MR) is 86.9 cm³/mol. The van der Waals surface area contributed by atoms with E-state index < -0.39 is 29.3 Å². The van der Waals surface area contributed by atoms with Gasteiger partial charge in [0.15, 0.2) is 0 Å². The van der Waals surface area contributed by atoms with Crippen LogP contribution >= 0.6 is 7.28 Å². The van der Waals surface area contributed by atoms with Crippen LogP contribution in [-0.4, -0.2) is 68.1 Å². The molecule has 0 aromatic heterocycles. The summed E-state index contributed by atoms with van der Waals surface area (Å²) in [6.07, 6.45) is 0. The molecule has 0 bridgehead atoms. The van der Waals surface area contributed by atoms with Crippen LogP contribution in [0.3, 0.4) is 0 Å². The third-order valence-electron chi connectivity index (χ3n) is 4.54. The van der Waals surface area contributed by atoms with Gasteiger partial charge in [0, 0.05) is 0 Å². The van der Waals surface area contributed by atoms with Crippen molar-refractivity contribution >= 4 is 24.4 Å². The van der Waals surface area contributed by atoms with Gasteiger partial charge in [-0.05, 0) is 0 Å². The maximum absolute atomic E-state index is 12.5. The molecule has 146 valence electrons. The summed E-state index contributed by atoms with van der Waals surface area (Å²) in [5.74, 6) is -1.27. The van der Waals surface area contributed by atoms with Gasteiger partial charge in [-0.3, -0.25) is 0 Å². The van der Waals surface area contributed by atoms with Crippen molar-refractivity contribution in [1.29, 1.82) is 0 Å². The number of benzene rings is 1. The molecule has 10 nitrogen and oxygen atoms in total. The first kappa shape index (κ1) is 21.1. The molecule has 0 radical (unpaired) electrons. The Morgan fingerprint density at radius 3 is 1.85 bits per heavy atom. The van der Waals surface area contributed by atoms with Gasteiger partial charge in [-0.25, -0.2) is 0 Å². The van der Waals surface area contributed by atoms with E-state index in [1.54, 1.807) is 42.3 Å². The Morgan fingerprint density at radius 2 is 1.42 bits per heavy atom. The number of hydrogen-bond donors (Lipinski definition) is 1. The molecule has 1 aromatic carbocycles. The van der Waals surface area contributed by atoms with E-state index in [0.29, 0.717) is 0 Å². The third kappa shape index (κ3) is 2.66. The van der Waals surface area contributed by atoms with Crippen LogP contribution in [0.2, 0.25) is 0 Å². The van der Waals surface area contributed by atoms with Crippen molar-refractivity contribution in [1.82, 2.24) is 19.3 Å². The molecule has 0 atom stereocenters. The first-order valence-electron chi connectivity index (χ1n) is 7.46. The normalized spacial score (nSPS) is 16.8. The quantitative estimate of drug-likeness (QED) is 0.386. The Labute approximate surface area is 153 Å². The molecule has 0 unspecified atom stereocenters. The number of hydrogen-bond acceptors (Lipinski definition) is 9. The average molecular weight is 409 g/mol. The molecule has 1 heterocycles. The fraction of sp³-hybridized carbons (Fsp3) is 0.429. The molecule has 12 heteroatoms. The molecule has 1 N–H and O–H groups in total. The van der Waals surface area contributed by atoms with Crippen molar-refractivity contribution < 1.29 is 37.9 Å². The third-order valence-corrected chi connectivity index (χ3v) is 11.8. The number of nitrogens with one attached hydrogen (secondary N) is 1. The van der Waals surface area contributed by atoms with Crippen LogP contribution in [-0.2, 0) is 4.08 Å². The summed E-state index contributed by atoms with van der Waals surface area (Å²) in [6, 6.07) is 4.46. The van der Waals surface area contributed by atoms with Crippen LogP contribution in [0.4, 0.5) is 0 Å². The molecule has 0 saturated carbocycles. The summed E-state index contributed by atoms with van der Waals surface area (Å²) in [6.45, 7) is 0. The first-order chi connectivity index (χ1) is 11.8. The van der Waals surface area contributed by atoms with Crippen LogP contribution in [0, 0.1) is 10.2 Å².